The van der Waals surface area contributed by atoms with Gasteiger partial charge in [0.25, 0.3) is 5.91 Å². The van der Waals surface area contributed by atoms with Crippen LogP contribution < -0.4 is 10.6 Å². The Balaban J connectivity index is 2.02. The van der Waals surface area contributed by atoms with Gasteiger partial charge in [0.2, 0.25) is 11.7 Å². The van der Waals surface area contributed by atoms with Crippen molar-refractivity contribution in [2.24, 2.45) is 0 Å². The molecule has 0 aromatic heterocycles. The monoisotopic (exact) mass is 276 g/mol. The van der Waals surface area contributed by atoms with Gasteiger partial charge in [-0.2, -0.15) is 0 Å². The number of benzene rings is 1. The van der Waals surface area contributed by atoms with Crippen molar-refractivity contribution >= 4 is 23.3 Å². The van der Waals surface area contributed by atoms with Gasteiger partial charge in [-0.3, -0.25) is 14.4 Å². The number of carbonyl (C=O) groups is 3. The molecule has 2 rings (SSSR count). The number of fused-ring (bicyclic) bond motifs is 1. The maximum Gasteiger partial charge on any atom is 0.288 e. The second-order valence-corrected chi connectivity index (χ2v) is 4.48. The maximum atomic E-state index is 12.1. The van der Waals surface area contributed by atoms with Gasteiger partial charge in [0.05, 0.1) is 0 Å². The summed E-state index contributed by atoms with van der Waals surface area (Å²) in [6.45, 7) is 0.843. The molecule has 1 aromatic carbocycles. The minimum Gasteiger partial charge on any atom is -0.385 e. The van der Waals surface area contributed by atoms with Crippen LogP contribution in [0.3, 0.4) is 0 Å². The molecule has 1 atom stereocenters. The second kappa shape index (κ2) is 6.29. The summed E-state index contributed by atoms with van der Waals surface area (Å²) in [6.07, 6.45) is 0.614. The highest BCUT2D eigenvalue weighted by atomic mass is 16.5. The van der Waals surface area contributed by atoms with E-state index in [-0.39, 0.29) is 0 Å². The van der Waals surface area contributed by atoms with Crippen LogP contribution in [0.4, 0.5) is 5.69 Å². The maximum absolute atomic E-state index is 12.1. The van der Waals surface area contributed by atoms with Crippen LogP contribution in [0.5, 0.6) is 0 Å². The lowest BCUT2D eigenvalue weighted by Crippen LogP contribution is -2.37. The minimum atomic E-state index is -1.05. The number of methoxy groups -OCH3 is 1. The first-order chi connectivity index (χ1) is 9.65. The van der Waals surface area contributed by atoms with E-state index in [0.717, 1.165) is 0 Å². The van der Waals surface area contributed by atoms with Gasteiger partial charge in [-0.1, -0.05) is 18.2 Å². The molecule has 0 radical (unpaired) electrons. The fourth-order valence-electron chi connectivity index (χ4n) is 2.11. The highest BCUT2D eigenvalue weighted by Gasteiger charge is 2.39. The molecule has 2 N–H and O–H groups in total. The molecular formula is C14H16N2O4. The number of carbonyl (C=O) groups excluding carboxylic acids is 3. The van der Waals surface area contributed by atoms with E-state index in [1.165, 1.54) is 0 Å². The molecule has 2 amide bonds. The summed E-state index contributed by atoms with van der Waals surface area (Å²) in [5.41, 5.74) is 1.14. The van der Waals surface area contributed by atoms with Gasteiger partial charge in [-0.25, -0.2) is 0 Å². The highest BCUT2D eigenvalue weighted by Crippen LogP contribution is 2.32. The van der Waals surface area contributed by atoms with Gasteiger partial charge in [-0.05, 0) is 18.1 Å². The van der Waals surface area contributed by atoms with Crippen molar-refractivity contribution in [3.63, 3.8) is 0 Å². The van der Waals surface area contributed by atoms with Gasteiger partial charge >= 0.3 is 0 Å². The molecule has 0 aliphatic carbocycles. The molecule has 106 valence electrons. The predicted octanol–water partition coefficient (Wildman–Crippen LogP) is 0.444. The van der Waals surface area contributed by atoms with Crippen molar-refractivity contribution in [1.82, 2.24) is 5.32 Å². The molecule has 0 bridgehead atoms. The van der Waals surface area contributed by atoms with Gasteiger partial charge in [0.1, 0.15) is 5.92 Å². The highest BCUT2D eigenvalue weighted by molar-refractivity contribution is 6.44. The van der Waals surface area contributed by atoms with E-state index in [9.17, 15) is 14.4 Å². The zero-order valence-electron chi connectivity index (χ0n) is 11.1. The third-order valence-corrected chi connectivity index (χ3v) is 3.09. The van der Waals surface area contributed by atoms with Crippen LogP contribution in [0.25, 0.3) is 0 Å². The molecule has 0 saturated heterocycles. The molecule has 1 aliphatic rings. The number of amides is 2. The third-order valence-electron chi connectivity index (χ3n) is 3.09. The van der Waals surface area contributed by atoms with Crippen molar-refractivity contribution in [1.29, 1.82) is 0 Å². The molecule has 20 heavy (non-hydrogen) atoms. The van der Waals surface area contributed by atoms with Crippen molar-refractivity contribution in [2.75, 3.05) is 25.6 Å². The normalized spacial score (nSPS) is 16.4. The molecule has 0 unspecified atom stereocenters. The fraction of sp³-hybridized carbons (Fsp3) is 0.357. The molecule has 0 saturated carbocycles. The van der Waals surface area contributed by atoms with E-state index in [1.54, 1.807) is 31.4 Å². The Bertz CT molecular complexity index is 542. The minimum absolute atomic E-state index is 0.342. The average Bonchev–Trinajstić information content (AvgIpc) is 2.78. The van der Waals surface area contributed by atoms with E-state index in [0.29, 0.717) is 30.8 Å². The number of anilines is 1. The van der Waals surface area contributed by atoms with Gasteiger partial charge < -0.3 is 15.4 Å². The van der Waals surface area contributed by atoms with Crippen LogP contribution in [0.1, 0.15) is 17.9 Å². The van der Waals surface area contributed by atoms with Crippen LogP contribution >= 0.6 is 0 Å². The van der Waals surface area contributed by atoms with E-state index in [4.69, 9.17) is 4.74 Å². The SMILES string of the molecule is COCCCNC(=O)C(=O)[C@H]1C(=O)Nc2ccccc21. The average molecular weight is 276 g/mol. The first-order valence-corrected chi connectivity index (χ1v) is 6.36. The smallest absolute Gasteiger partial charge is 0.288 e. The van der Waals surface area contributed by atoms with Gasteiger partial charge in [-0.15, -0.1) is 0 Å². The molecule has 0 spiro atoms. The number of para-hydroxylation sites is 1. The molecule has 6 heteroatoms. The number of hydrogen-bond donors (Lipinski definition) is 2. The predicted molar refractivity (Wildman–Crippen MR) is 72.3 cm³/mol. The zero-order valence-corrected chi connectivity index (χ0v) is 11.1. The van der Waals surface area contributed by atoms with Crippen LogP contribution in [0.2, 0.25) is 0 Å². The Morgan fingerprint density at radius 2 is 2.10 bits per heavy atom. The standard InChI is InChI=1S/C14H16N2O4/c1-20-8-4-7-15-14(19)12(17)11-9-5-2-3-6-10(9)16-13(11)18/h2-3,5-6,11H,4,7-8H2,1H3,(H,15,19)(H,16,18)/t11-/m0/s1. The van der Waals surface area contributed by atoms with Gasteiger partial charge in [0.15, 0.2) is 0 Å². The summed E-state index contributed by atoms with van der Waals surface area (Å²) in [5.74, 6) is -2.97. The quantitative estimate of drug-likeness (QED) is 0.449. The Morgan fingerprint density at radius 1 is 1.35 bits per heavy atom. The largest absolute Gasteiger partial charge is 0.385 e. The second-order valence-electron chi connectivity index (χ2n) is 4.48. The van der Waals surface area contributed by atoms with Crippen LogP contribution in [0.15, 0.2) is 24.3 Å². The molecule has 1 heterocycles. The summed E-state index contributed by atoms with van der Waals surface area (Å²) in [5, 5.41) is 5.10. The van der Waals surface area contributed by atoms with Crippen molar-refractivity contribution in [2.45, 2.75) is 12.3 Å². The molecule has 6 nitrogen and oxygen atoms in total. The lowest BCUT2D eigenvalue weighted by atomic mass is 9.95. The first kappa shape index (κ1) is 14.2. The number of ether oxygens (including phenoxy) is 1. The molecule has 1 aliphatic heterocycles. The molecule has 0 fully saturated rings. The van der Waals surface area contributed by atoms with E-state index >= 15 is 0 Å². The number of nitrogens with one attached hydrogen (secondary N) is 2. The van der Waals surface area contributed by atoms with Crippen LogP contribution in [-0.4, -0.2) is 37.9 Å². The Labute approximate surface area is 116 Å². The van der Waals surface area contributed by atoms with E-state index in [2.05, 4.69) is 10.6 Å². The van der Waals surface area contributed by atoms with Crippen molar-refractivity contribution in [3.05, 3.63) is 29.8 Å². The lowest BCUT2D eigenvalue weighted by molar-refractivity contribution is -0.140. The number of ketones is 1. The van der Waals surface area contributed by atoms with E-state index < -0.39 is 23.5 Å². The Hall–Kier alpha value is -2.21. The zero-order chi connectivity index (χ0) is 14.5. The summed E-state index contributed by atoms with van der Waals surface area (Å²) < 4.78 is 4.85. The van der Waals surface area contributed by atoms with Crippen molar-refractivity contribution in [3.8, 4) is 0 Å². The summed E-state index contributed by atoms with van der Waals surface area (Å²) in [6, 6.07) is 6.87. The number of Topliss-reactive ketones (excluding diaryl/α,β-unsaturated/α-hetero) is 1. The first-order valence-electron chi connectivity index (χ1n) is 6.36. The van der Waals surface area contributed by atoms with Gasteiger partial charge in [0, 0.05) is 25.9 Å². The molecular weight excluding hydrogens is 260 g/mol. The number of hydrogen-bond acceptors (Lipinski definition) is 4. The lowest BCUT2D eigenvalue weighted by Gasteiger charge is -2.08. The Kier molecular flexibility index (Phi) is 4.47. The third kappa shape index (κ3) is 2.85. The van der Waals surface area contributed by atoms with Crippen LogP contribution in [0, 0.1) is 0 Å². The Morgan fingerprint density at radius 3 is 2.85 bits per heavy atom. The fourth-order valence-corrected chi connectivity index (χ4v) is 2.11. The van der Waals surface area contributed by atoms with E-state index in [1.807, 2.05) is 0 Å². The summed E-state index contributed by atoms with van der Waals surface area (Å²) >= 11 is 0. The number of rotatable bonds is 6. The topological polar surface area (TPSA) is 84.5 Å². The van der Waals surface area contributed by atoms with Crippen LogP contribution in [-0.2, 0) is 19.1 Å². The van der Waals surface area contributed by atoms with Crippen molar-refractivity contribution < 1.29 is 19.1 Å². The molecule has 1 aromatic rings. The summed E-state index contributed by atoms with van der Waals surface area (Å²) in [4.78, 5) is 35.7. The summed E-state index contributed by atoms with van der Waals surface area (Å²) in [7, 11) is 1.56.